The predicted molar refractivity (Wildman–Crippen MR) is 89.8 cm³/mol. The highest BCUT2D eigenvalue weighted by molar-refractivity contribution is 5.92. The number of guanidine groups is 1. The Bertz CT molecular complexity index is 689. The fraction of sp³-hybridized carbons (Fsp3) is 0.235. The van der Waals surface area contributed by atoms with Crippen LogP contribution in [0.25, 0.3) is 0 Å². The van der Waals surface area contributed by atoms with Crippen LogP contribution in [-0.2, 0) is 6.42 Å². The first kappa shape index (κ1) is 16.6. The number of hydrogen-bond acceptors (Lipinski definition) is 3. The summed E-state index contributed by atoms with van der Waals surface area (Å²) in [5.74, 6) is 1.26. The number of hydrogen-bond donors (Lipinski definition) is 2. The van der Waals surface area contributed by atoms with Gasteiger partial charge in [-0.15, -0.1) is 0 Å². The van der Waals surface area contributed by atoms with E-state index in [0.717, 1.165) is 5.69 Å². The zero-order chi connectivity index (χ0) is 16.7. The molecular formula is C17H20FN3O2. The molecule has 122 valence electrons. The first-order chi connectivity index (χ1) is 11.1. The quantitative estimate of drug-likeness (QED) is 0.635. The number of nitrogens with one attached hydrogen (secondary N) is 1. The van der Waals surface area contributed by atoms with Gasteiger partial charge in [0.2, 0.25) is 0 Å². The number of rotatable bonds is 6. The summed E-state index contributed by atoms with van der Waals surface area (Å²) in [6.07, 6.45) is 0.487. The number of benzene rings is 2. The van der Waals surface area contributed by atoms with E-state index in [1.54, 1.807) is 50.6 Å². The minimum atomic E-state index is -0.228. The molecular weight excluding hydrogens is 297 g/mol. The van der Waals surface area contributed by atoms with Crippen LogP contribution in [0.3, 0.4) is 0 Å². The van der Waals surface area contributed by atoms with Crippen molar-refractivity contribution >= 4 is 11.6 Å². The van der Waals surface area contributed by atoms with Gasteiger partial charge < -0.3 is 20.5 Å². The Morgan fingerprint density at radius 1 is 1.13 bits per heavy atom. The zero-order valence-corrected chi connectivity index (χ0v) is 13.2. The molecule has 0 heterocycles. The van der Waals surface area contributed by atoms with Crippen LogP contribution < -0.4 is 20.5 Å². The van der Waals surface area contributed by atoms with Crippen molar-refractivity contribution in [2.75, 3.05) is 26.1 Å². The zero-order valence-electron chi connectivity index (χ0n) is 13.2. The van der Waals surface area contributed by atoms with Crippen LogP contribution in [0.15, 0.2) is 47.5 Å². The third-order valence-electron chi connectivity index (χ3n) is 3.28. The Balaban J connectivity index is 1.96. The summed E-state index contributed by atoms with van der Waals surface area (Å²) in [5.41, 5.74) is 7.19. The molecule has 2 aromatic rings. The summed E-state index contributed by atoms with van der Waals surface area (Å²) in [5, 5.41) is 2.97. The van der Waals surface area contributed by atoms with Gasteiger partial charge in [0.25, 0.3) is 0 Å². The van der Waals surface area contributed by atoms with Gasteiger partial charge in [0.1, 0.15) is 5.82 Å². The van der Waals surface area contributed by atoms with Gasteiger partial charge in [-0.05, 0) is 30.2 Å². The molecule has 0 aromatic heterocycles. The Kier molecular flexibility index (Phi) is 5.80. The van der Waals surface area contributed by atoms with E-state index >= 15 is 0 Å². The van der Waals surface area contributed by atoms with Crippen molar-refractivity contribution in [3.63, 3.8) is 0 Å². The Hall–Kier alpha value is -2.76. The standard InChI is InChI=1S/C17H20FN3O2/c1-22-15-8-7-13(11-16(15)23-2)21-17(19)20-10-9-12-5-3-4-6-14(12)18/h3-8,11H,9-10H2,1-2H3,(H3,19,20,21). The number of ether oxygens (including phenoxy) is 2. The number of nitrogens with two attached hydrogens (primary N) is 1. The lowest BCUT2D eigenvalue weighted by Crippen LogP contribution is -2.23. The van der Waals surface area contributed by atoms with E-state index in [1.165, 1.54) is 6.07 Å². The summed E-state index contributed by atoms with van der Waals surface area (Å²) in [6.45, 7) is 0.396. The SMILES string of the molecule is COc1ccc(NC(N)=NCCc2ccccc2F)cc1OC. The molecule has 0 saturated heterocycles. The normalized spacial score (nSPS) is 11.2. The molecule has 6 heteroatoms. The average Bonchev–Trinajstić information content (AvgIpc) is 2.56. The maximum absolute atomic E-state index is 13.5. The van der Waals surface area contributed by atoms with Crippen molar-refractivity contribution in [2.24, 2.45) is 10.7 Å². The van der Waals surface area contributed by atoms with Gasteiger partial charge >= 0.3 is 0 Å². The molecule has 3 N–H and O–H groups in total. The van der Waals surface area contributed by atoms with E-state index < -0.39 is 0 Å². The molecule has 0 fully saturated rings. The maximum atomic E-state index is 13.5. The Morgan fingerprint density at radius 2 is 1.87 bits per heavy atom. The van der Waals surface area contributed by atoms with Gasteiger partial charge in [-0.2, -0.15) is 0 Å². The number of nitrogens with zero attached hydrogens (tertiary/aromatic N) is 1. The van der Waals surface area contributed by atoms with E-state index in [2.05, 4.69) is 10.3 Å². The Labute approximate surface area is 134 Å². The molecule has 2 rings (SSSR count). The highest BCUT2D eigenvalue weighted by Gasteiger charge is 2.05. The number of methoxy groups -OCH3 is 2. The Morgan fingerprint density at radius 3 is 2.57 bits per heavy atom. The van der Waals surface area contributed by atoms with Crippen LogP contribution in [0.2, 0.25) is 0 Å². The molecule has 0 spiro atoms. The van der Waals surface area contributed by atoms with Crippen molar-refractivity contribution in [2.45, 2.75) is 6.42 Å². The lowest BCUT2D eigenvalue weighted by atomic mass is 10.1. The van der Waals surface area contributed by atoms with Crippen molar-refractivity contribution in [3.05, 3.63) is 53.8 Å². The fourth-order valence-electron chi connectivity index (χ4n) is 2.10. The van der Waals surface area contributed by atoms with Gasteiger partial charge in [0.15, 0.2) is 17.5 Å². The van der Waals surface area contributed by atoms with Crippen molar-refractivity contribution in [1.29, 1.82) is 0 Å². The van der Waals surface area contributed by atoms with Gasteiger partial charge in [-0.3, -0.25) is 4.99 Å². The van der Waals surface area contributed by atoms with Gasteiger partial charge in [-0.1, -0.05) is 18.2 Å². The molecule has 0 bridgehead atoms. The molecule has 5 nitrogen and oxygen atoms in total. The lowest BCUT2D eigenvalue weighted by Gasteiger charge is -2.11. The van der Waals surface area contributed by atoms with E-state index in [-0.39, 0.29) is 11.8 Å². The third kappa shape index (κ3) is 4.60. The average molecular weight is 317 g/mol. The van der Waals surface area contributed by atoms with Crippen LogP contribution >= 0.6 is 0 Å². The van der Waals surface area contributed by atoms with Crippen molar-refractivity contribution in [3.8, 4) is 11.5 Å². The minimum Gasteiger partial charge on any atom is -0.493 e. The summed E-state index contributed by atoms with van der Waals surface area (Å²) in [7, 11) is 3.14. The van der Waals surface area contributed by atoms with Gasteiger partial charge in [0.05, 0.1) is 14.2 Å². The first-order valence-electron chi connectivity index (χ1n) is 7.16. The number of halogens is 1. The third-order valence-corrected chi connectivity index (χ3v) is 3.28. The van der Waals surface area contributed by atoms with E-state index in [9.17, 15) is 4.39 Å². The molecule has 0 radical (unpaired) electrons. The fourth-order valence-corrected chi connectivity index (χ4v) is 2.10. The molecule has 2 aromatic carbocycles. The van der Waals surface area contributed by atoms with Crippen LogP contribution in [0, 0.1) is 5.82 Å². The second-order valence-electron chi connectivity index (χ2n) is 4.80. The second kappa shape index (κ2) is 8.03. The maximum Gasteiger partial charge on any atom is 0.193 e. The van der Waals surface area contributed by atoms with Crippen LogP contribution in [-0.4, -0.2) is 26.7 Å². The molecule has 0 aliphatic carbocycles. The summed E-state index contributed by atoms with van der Waals surface area (Å²) < 4.78 is 23.9. The largest absolute Gasteiger partial charge is 0.493 e. The predicted octanol–water partition coefficient (Wildman–Crippen LogP) is 2.81. The van der Waals surface area contributed by atoms with E-state index in [4.69, 9.17) is 15.2 Å². The molecule has 0 atom stereocenters. The lowest BCUT2D eigenvalue weighted by molar-refractivity contribution is 0.355. The van der Waals surface area contributed by atoms with Crippen LogP contribution in [0.4, 0.5) is 10.1 Å². The topological polar surface area (TPSA) is 68.9 Å². The van der Waals surface area contributed by atoms with Crippen LogP contribution in [0.1, 0.15) is 5.56 Å². The first-order valence-corrected chi connectivity index (χ1v) is 7.16. The van der Waals surface area contributed by atoms with Crippen LogP contribution in [0.5, 0.6) is 11.5 Å². The molecule has 0 unspecified atom stereocenters. The van der Waals surface area contributed by atoms with Gasteiger partial charge in [-0.25, -0.2) is 4.39 Å². The van der Waals surface area contributed by atoms with Crippen molar-refractivity contribution < 1.29 is 13.9 Å². The van der Waals surface area contributed by atoms with Gasteiger partial charge in [0, 0.05) is 18.3 Å². The van der Waals surface area contributed by atoms with E-state index in [0.29, 0.717) is 30.0 Å². The molecule has 0 amide bonds. The van der Waals surface area contributed by atoms with E-state index in [1.807, 2.05) is 0 Å². The highest BCUT2D eigenvalue weighted by Crippen LogP contribution is 2.29. The monoisotopic (exact) mass is 317 g/mol. The van der Waals surface area contributed by atoms with Crippen molar-refractivity contribution in [1.82, 2.24) is 0 Å². The molecule has 0 aliphatic heterocycles. The molecule has 23 heavy (non-hydrogen) atoms. The minimum absolute atomic E-state index is 0.228. The highest BCUT2D eigenvalue weighted by atomic mass is 19.1. The molecule has 0 aliphatic rings. The second-order valence-corrected chi connectivity index (χ2v) is 4.80. The smallest absolute Gasteiger partial charge is 0.193 e. The summed E-state index contributed by atoms with van der Waals surface area (Å²) >= 11 is 0. The number of aliphatic imine (C=N–C) groups is 1. The summed E-state index contributed by atoms with van der Waals surface area (Å²) in [6, 6.07) is 12.0. The molecule has 0 saturated carbocycles. The summed E-state index contributed by atoms with van der Waals surface area (Å²) in [4.78, 5) is 4.20. The number of anilines is 1.